The molecule has 0 aliphatic carbocycles. The third-order valence-electron chi connectivity index (χ3n) is 3.11. The Morgan fingerprint density at radius 2 is 2.11 bits per heavy atom. The second-order valence-electron chi connectivity index (χ2n) is 4.53. The summed E-state index contributed by atoms with van der Waals surface area (Å²) in [6.07, 6.45) is 2.90. The number of nitriles is 1. The van der Waals surface area contributed by atoms with E-state index in [1.54, 1.807) is 24.3 Å². The van der Waals surface area contributed by atoms with Crippen molar-refractivity contribution in [2.24, 2.45) is 5.92 Å². The van der Waals surface area contributed by atoms with Gasteiger partial charge in [0.1, 0.15) is 5.92 Å². The Hall–Kier alpha value is -1.33. The van der Waals surface area contributed by atoms with Crippen molar-refractivity contribution >= 4 is 17.4 Å². The molecule has 1 aromatic carbocycles. The second-order valence-corrected chi connectivity index (χ2v) is 4.94. The molecule has 0 heterocycles. The molecule has 0 bridgehead atoms. The van der Waals surface area contributed by atoms with Crippen LogP contribution in [-0.4, -0.2) is 5.78 Å². The lowest BCUT2D eigenvalue weighted by molar-refractivity contribution is -0.122. The number of carbonyl (C=O) groups excluding carboxylic acids is 1. The van der Waals surface area contributed by atoms with Crippen molar-refractivity contribution in [2.75, 3.05) is 0 Å². The molecular weight excluding hydrogens is 246 g/mol. The zero-order valence-corrected chi connectivity index (χ0v) is 11.6. The summed E-state index contributed by atoms with van der Waals surface area (Å²) in [5.41, 5.74) is 0.620. The van der Waals surface area contributed by atoms with Gasteiger partial charge in [0.2, 0.25) is 0 Å². The Labute approximate surface area is 114 Å². The molecule has 0 radical (unpaired) electrons. The maximum absolute atomic E-state index is 12.3. The Morgan fingerprint density at radius 3 is 2.67 bits per heavy atom. The maximum Gasteiger partial charge on any atom is 0.157 e. The zero-order chi connectivity index (χ0) is 13.5. The first-order valence-corrected chi connectivity index (χ1v) is 6.67. The number of rotatable bonds is 6. The molecular formula is C15H18ClNO. The second kappa shape index (κ2) is 7.18. The van der Waals surface area contributed by atoms with Crippen molar-refractivity contribution < 1.29 is 4.79 Å². The van der Waals surface area contributed by atoms with E-state index < -0.39 is 5.92 Å². The number of Topliss-reactive ketones (excluding diaryl/α,β-unsaturated/α-hetero) is 1. The van der Waals surface area contributed by atoms with Crippen molar-refractivity contribution in [3.05, 3.63) is 34.9 Å². The topological polar surface area (TPSA) is 40.9 Å². The van der Waals surface area contributed by atoms with E-state index in [9.17, 15) is 10.1 Å². The molecule has 0 aliphatic rings. The number of halogens is 1. The molecule has 2 nitrogen and oxygen atoms in total. The van der Waals surface area contributed by atoms with Gasteiger partial charge in [0, 0.05) is 10.9 Å². The van der Waals surface area contributed by atoms with Gasteiger partial charge in [-0.05, 0) is 18.1 Å². The average Bonchev–Trinajstić information content (AvgIpc) is 2.38. The van der Waals surface area contributed by atoms with Crippen molar-refractivity contribution in [2.45, 2.75) is 39.0 Å². The highest BCUT2D eigenvalue weighted by Crippen LogP contribution is 2.28. The summed E-state index contributed by atoms with van der Waals surface area (Å²) in [5.74, 6) is -0.865. The van der Waals surface area contributed by atoms with Crippen LogP contribution in [0, 0.1) is 17.2 Å². The van der Waals surface area contributed by atoms with E-state index in [0.717, 1.165) is 19.3 Å². The Balaban J connectivity index is 2.88. The molecule has 0 saturated carbocycles. The first-order chi connectivity index (χ1) is 8.61. The monoisotopic (exact) mass is 263 g/mol. The molecule has 0 fully saturated rings. The SMILES string of the molecule is CCCCC(C)C(=O)C(C#N)c1ccccc1Cl. The molecule has 18 heavy (non-hydrogen) atoms. The van der Waals surface area contributed by atoms with Crippen molar-refractivity contribution in [3.63, 3.8) is 0 Å². The number of nitrogens with zero attached hydrogens (tertiary/aromatic N) is 1. The summed E-state index contributed by atoms with van der Waals surface area (Å²) in [4.78, 5) is 12.3. The first kappa shape index (κ1) is 14.7. The van der Waals surface area contributed by atoms with E-state index in [0.29, 0.717) is 10.6 Å². The van der Waals surface area contributed by atoms with E-state index in [4.69, 9.17) is 11.6 Å². The van der Waals surface area contributed by atoms with Gasteiger partial charge in [-0.3, -0.25) is 4.79 Å². The lowest BCUT2D eigenvalue weighted by atomic mass is 9.87. The van der Waals surface area contributed by atoms with Crippen LogP contribution in [0.4, 0.5) is 0 Å². The van der Waals surface area contributed by atoms with E-state index in [2.05, 4.69) is 13.0 Å². The predicted molar refractivity (Wildman–Crippen MR) is 73.5 cm³/mol. The summed E-state index contributed by atoms with van der Waals surface area (Å²) in [6.45, 7) is 3.98. The van der Waals surface area contributed by atoms with Crippen LogP contribution < -0.4 is 0 Å². The van der Waals surface area contributed by atoms with Gasteiger partial charge in [-0.2, -0.15) is 5.26 Å². The van der Waals surface area contributed by atoms with Gasteiger partial charge in [0.05, 0.1) is 6.07 Å². The van der Waals surface area contributed by atoms with Gasteiger partial charge in [0.15, 0.2) is 5.78 Å². The van der Waals surface area contributed by atoms with Crippen molar-refractivity contribution in [3.8, 4) is 6.07 Å². The minimum Gasteiger partial charge on any atom is -0.298 e. The summed E-state index contributed by atoms with van der Waals surface area (Å²) in [5, 5.41) is 9.71. The van der Waals surface area contributed by atoms with Crippen molar-refractivity contribution in [1.29, 1.82) is 5.26 Å². The minimum absolute atomic E-state index is 0.0287. The molecule has 0 spiro atoms. The van der Waals surface area contributed by atoms with Gasteiger partial charge in [-0.1, -0.05) is 56.5 Å². The molecule has 0 aliphatic heterocycles. The van der Waals surface area contributed by atoms with Crippen LogP contribution in [0.5, 0.6) is 0 Å². The number of unbranched alkanes of at least 4 members (excludes halogenated alkanes) is 1. The van der Waals surface area contributed by atoms with E-state index >= 15 is 0 Å². The Morgan fingerprint density at radius 1 is 1.44 bits per heavy atom. The van der Waals surface area contributed by atoms with Crippen LogP contribution in [0.1, 0.15) is 44.6 Å². The maximum atomic E-state index is 12.3. The smallest absolute Gasteiger partial charge is 0.157 e. The van der Waals surface area contributed by atoms with Crippen LogP contribution in [0.3, 0.4) is 0 Å². The standard InChI is InChI=1S/C15H18ClNO/c1-3-4-7-11(2)15(18)13(10-17)12-8-5-6-9-14(12)16/h5-6,8-9,11,13H,3-4,7H2,1-2H3. The highest BCUT2D eigenvalue weighted by atomic mass is 35.5. The fourth-order valence-electron chi connectivity index (χ4n) is 1.93. The van der Waals surface area contributed by atoms with E-state index in [1.807, 2.05) is 6.92 Å². The molecule has 0 saturated heterocycles. The number of benzene rings is 1. The number of hydrogen-bond acceptors (Lipinski definition) is 2. The molecule has 96 valence electrons. The van der Waals surface area contributed by atoms with Crippen LogP contribution in [-0.2, 0) is 4.79 Å². The predicted octanol–water partition coefficient (Wildman–Crippen LogP) is 4.34. The third kappa shape index (κ3) is 3.58. The lowest BCUT2D eigenvalue weighted by Crippen LogP contribution is -2.19. The van der Waals surface area contributed by atoms with Gasteiger partial charge >= 0.3 is 0 Å². The highest BCUT2D eigenvalue weighted by Gasteiger charge is 2.26. The fourth-order valence-corrected chi connectivity index (χ4v) is 2.18. The van der Waals surface area contributed by atoms with E-state index in [1.165, 1.54) is 0 Å². The van der Waals surface area contributed by atoms with Gasteiger partial charge in [-0.25, -0.2) is 0 Å². The lowest BCUT2D eigenvalue weighted by Gasteiger charge is -2.15. The normalized spacial score (nSPS) is 13.7. The number of carbonyl (C=O) groups is 1. The molecule has 1 rings (SSSR count). The van der Waals surface area contributed by atoms with Crippen molar-refractivity contribution in [1.82, 2.24) is 0 Å². The molecule has 2 unspecified atom stereocenters. The quantitative estimate of drug-likeness (QED) is 0.766. The fraction of sp³-hybridized carbons (Fsp3) is 0.467. The van der Waals surface area contributed by atoms with Gasteiger partial charge in [0.25, 0.3) is 0 Å². The minimum atomic E-state index is -0.745. The molecule has 0 N–H and O–H groups in total. The molecule has 2 atom stereocenters. The highest BCUT2D eigenvalue weighted by molar-refractivity contribution is 6.31. The average molecular weight is 264 g/mol. The summed E-state index contributed by atoms with van der Waals surface area (Å²) in [6, 6.07) is 9.14. The molecule has 1 aromatic rings. The van der Waals surface area contributed by atoms with Gasteiger partial charge < -0.3 is 0 Å². The summed E-state index contributed by atoms with van der Waals surface area (Å²) < 4.78 is 0. The number of hydrogen-bond donors (Lipinski definition) is 0. The van der Waals surface area contributed by atoms with Crippen LogP contribution in [0.15, 0.2) is 24.3 Å². The summed E-state index contributed by atoms with van der Waals surface area (Å²) in [7, 11) is 0. The molecule has 0 aromatic heterocycles. The summed E-state index contributed by atoms with van der Waals surface area (Å²) >= 11 is 6.05. The number of ketones is 1. The third-order valence-corrected chi connectivity index (χ3v) is 3.45. The molecule has 0 amide bonds. The zero-order valence-electron chi connectivity index (χ0n) is 10.8. The largest absolute Gasteiger partial charge is 0.298 e. The van der Waals surface area contributed by atoms with Crippen LogP contribution >= 0.6 is 11.6 Å². The molecule has 3 heteroatoms. The Bertz CT molecular complexity index is 450. The Kier molecular flexibility index (Phi) is 5.88. The van der Waals surface area contributed by atoms with E-state index in [-0.39, 0.29) is 11.7 Å². The first-order valence-electron chi connectivity index (χ1n) is 6.29. The van der Waals surface area contributed by atoms with Crippen LogP contribution in [0.2, 0.25) is 5.02 Å². The van der Waals surface area contributed by atoms with Crippen LogP contribution in [0.25, 0.3) is 0 Å². The van der Waals surface area contributed by atoms with Gasteiger partial charge in [-0.15, -0.1) is 0 Å².